The van der Waals surface area contributed by atoms with Crippen molar-refractivity contribution in [1.82, 2.24) is 21.3 Å². The van der Waals surface area contributed by atoms with Gasteiger partial charge in [-0.3, -0.25) is 28.8 Å². The number of nitrogens with zero attached hydrogens (tertiary/aromatic N) is 2. The normalized spacial score (nSPS) is 15.4. The fourth-order valence-corrected chi connectivity index (χ4v) is 12.9. The molecule has 5 atom stereocenters. The van der Waals surface area contributed by atoms with Crippen LogP contribution in [0.2, 0.25) is 0 Å². The van der Waals surface area contributed by atoms with Crippen molar-refractivity contribution < 1.29 is 74.4 Å². The Bertz CT molecular complexity index is 1960. The lowest BCUT2D eigenvalue weighted by molar-refractivity contribution is -0.117. The summed E-state index contributed by atoms with van der Waals surface area (Å²) in [6.45, 7) is -2.44. The fourth-order valence-electron chi connectivity index (χ4n) is 5.62. The van der Waals surface area contributed by atoms with E-state index in [1.165, 1.54) is 23.6 Å². The number of aliphatic hydroxyl groups excluding tert-OH is 8. The molecule has 1 aliphatic rings. The second-order valence-corrected chi connectivity index (χ2v) is 18.7. The van der Waals surface area contributed by atoms with Gasteiger partial charge in [0, 0.05) is 47.2 Å². The number of amides is 6. The number of rotatable bonds is 19. The van der Waals surface area contributed by atoms with E-state index in [4.69, 9.17) is 4.74 Å². The van der Waals surface area contributed by atoms with E-state index in [1.807, 2.05) is 67.8 Å². The van der Waals surface area contributed by atoms with Gasteiger partial charge < -0.3 is 76.7 Å². The first kappa shape index (κ1) is 53.7. The van der Waals surface area contributed by atoms with Crippen molar-refractivity contribution >= 4 is 160 Å². The van der Waals surface area contributed by atoms with Crippen molar-refractivity contribution in [2.45, 2.75) is 44.4 Å². The van der Waals surface area contributed by atoms with E-state index in [2.05, 4.69) is 21.3 Å². The number of hydrogen-bond acceptors (Lipinski definition) is 15. The van der Waals surface area contributed by atoms with Crippen LogP contribution in [0.4, 0.5) is 11.4 Å². The van der Waals surface area contributed by atoms with Gasteiger partial charge in [0.15, 0.2) is 5.75 Å². The number of carbonyl (C=O) groups excluding carboxylic acids is 6. The quantitative estimate of drug-likeness (QED) is 0.0692. The first-order valence-corrected chi connectivity index (χ1v) is 23.3. The first-order valence-electron chi connectivity index (χ1n) is 17.9. The van der Waals surface area contributed by atoms with Crippen LogP contribution in [0.5, 0.6) is 5.75 Å². The van der Waals surface area contributed by atoms with E-state index in [1.54, 1.807) is 45.2 Å². The first-order chi connectivity index (χ1) is 28.7. The molecule has 0 aliphatic carbocycles. The molecule has 0 saturated heterocycles. The molecule has 338 valence electrons. The van der Waals surface area contributed by atoms with Gasteiger partial charge in [-0.15, -0.1) is 0 Å². The molecule has 0 spiro atoms. The largest absolute Gasteiger partial charge is 0.484 e. The highest BCUT2D eigenvalue weighted by Crippen LogP contribution is 2.46. The van der Waals surface area contributed by atoms with Gasteiger partial charge in [0.25, 0.3) is 23.6 Å². The predicted molar refractivity (Wildman–Crippen MR) is 259 cm³/mol. The lowest BCUT2D eigenvalue weighted by Crippen LogP contribution is -2.50. The van der Waals surface area contributed by atoms with Crippen LogP contribution in [-0.2, 0) is 9.59 Å². The topological polar surface area (TPSA) is 328 Å². The maximum absolute atomic E-state index is 13.9. The van der Waals surface area contributed by atoms with Crippen molar-refractivity contribution in [3.8, 4) is 5.75 Å². The molecule has 5 unspecified atom stereocenters. The van der Waals surface area contributed by atoms with Crippen molar-refractivity contribution in [3.63, 3.8) is 0 Å². The molecule has 12 N–H and O–H groups in total. The third-order valence-corrected chi connectivity index (χ3v) is 14.0. The number of hydrogen-bond donors (Lipinski definition) is 12. The maximum Gasteiger partial charge on any atom is 0.256 e. The number of fused-ring (bicyclic) bond motifs is 1. The van der Waals surface area contributed by atoms with Gasteiger partial charge >= 0.3 is 0 Å². The minimum absolute atomic E-state index is 0.00586. The number of nitrogens with one attached hydrogen (secondary N) is 4. The van der Waals surface area contributed by atoms with Crippen molar-refractivity contribution in [2.75, 3.05) is 75.5 Å². The minimum atomic E-state index is -1.37. The minimum Gasteiger partial charge on any atom is -0.484 e. The summed E-state index contributed by atoms with van der Waals surface area (Å²) in [6.07, 6.45) is -6.47. The molecule has 1 heterocycles. The average Bonchev–Trinajstić information content (AvgIpc) is 3.21. The molecule has 1 aliphatic heterocycles. The number of aliphatic hydroxyl groups is 8. The Morgan fingerprint density at radius 3 is 1.30 bits per heavy atom. The summed E-state index contributed by atoms with van der Waals surface area (Å²) in [4.78, 5) is 84.6. The molecule has 21 nitrogen and oxygen atoms in total. The summed E-state index contributed by atoms with van der Waals surface area (Å²) < 4.78 is 7.11. The van der Waals surface area contributed by atoms with Gasteiger partial charge in [0.05, 0.1) is 103 Å². The summed E-state index contributed by atoms with van der Waals surface area (Å²) in [5.41, 5.74) is -0.472. The van der Waals surface area contributed by atoms with E-state index < -0.39 is 98.9 Å². The van der Waals surface area contributed by atoms with Crippen LogP contribution in [0.1, 0.15) is 55.3 Å². The SMILES string of the molecule is CC(=O)N(CC1CN(C(C)=O)c2c(I)c(C(=O)NCC(O)CO)c(I)c(C(=O)NCC(O)CO)c2O1)c1c(I)c(C(=O)NCC(O)CO)c(I)c(C(=O)NCC(O)CO)c1I. The standard InChI is InChI=1S/C35H43I5N6O15/c1-13(51)45(29-26(38)20(32(57)41-3-15(53)9-47)24(36)21(27(29)39)33(58)42-4-16(54)10-48)7-19-8-46(14(2)52)30-28(40)22(34(59)43-5-17(55)11-49)25(37)23(31(30)61-19)35(60)44-6-18(56)12-50/h15-19,47-50,53-56H,3-12H2,1-2H3,(H,41,57)(H,42,58)(H,43,59)(H,44,60). The summed E-state index contributed by atoms with van der Waals surface area (Å²) in [5.74, 6) is -4.61. The van der Waals surface area contributed by atoms with Crippen LogP contribution < -0.4 is 35.8 Å². The molecular weight excluding hydrogens is 1380 g/mol. The van der Waals surface area contributed by atoms with Gasteiger partial charge in [0.2, 0.25) is 11.8 Å². The Labute approximate surface area is 416 Å². The lowest BCUT2D eigenvalue weighted by Gasteiger charge is -2.39. The monoisotopic (exact) mass is 1420 g/mol. The Morgan fingerprint density at radius 1 is 0.607 bits per heavy atom. The molecule has 61 heavy (non-hydrogen) atoms. The second-order valence-electron chi connectivity index (χ2n) is 13.3. The van der Waals surface area contributed by atoms with Gasteiger partial charge in [-0.2, -0.15) is 0 Å². The Balaban J connectivity index is 2.30. The Kier molecular flexibility index (Phi) is 21.7. The average molecular weight is 1420 g/mol. The fraction of sp³-hybridized carbons (Fsp3) is 0.486. The van der Waals surface area contributed by atoms with Crippen LogP contribution in [-0.4, -0.2) is 173 Å². The highest BCUT2D eigenvalue weighted by atomic mass is 127. The van der Waals surface area contributed by atoms with Crippen LogP contribution in [0.25, 0.3) is 0 Å². The van der Waals surface area contributed by atoms with E-state index in [-0.39, 0.29) is 90.0 Å². The molecule has 26 heteroatoms. The molecule has 0 fully saturated rings. The molecule has 2 aromatic carbocycles. The Hall–Kier alpha value is -1.61. The van der Waals surface area contributed by atoms with Gasteiger partial charge in [-0.25, -0.2) is 0 Å². The summed E-state index contributed by atoms with van der Waals surface area (Å²) >= 11 is 8.97. The van der Waals surface area contributed by atoms with E-state index in [9.17, 15) is 69.6 Å². The van der Waals surface area contributed by atoms with Crippen LogP contribution in [0, 0.1) is 17.9 Å². The zero-order valence-corrected chi connectivity index (χ0v) is 43.0. The van der Waals surface area contributed by atoms with Crippen LogP contribution >= 0.6 is 113 Å². The smallest absolute Gasteiger partial charge is 0.256 e. The number of ether oxygens (including phenoxy) is 1. The number of carbonyl (C=O) groups is 6. The van der Waals surface area contributed by atoms with Crippen molar-refractivity contribution in [2.24, 2.45) is 0 Å². The molecule has 0 saturated carbocycles. The highest BCUT2D eigenvalue weighted by molar-refractivity contribution is 14.1. The molecule has 0 bridgehead atoms. The van der Waals surface area contributed by atoms with Crippen molar-refractivity contribution in [1.29, 1.82) is 0 Å². The second kappa shape index (κ2) is 24.6. The summed E-state index contributed by atoms with van der Waals surface area (Å²) in [7, 11) is 0. The molecule has 3 rings (SSSR count). The number of anilines is 2. The lowest BCUT2D eigenvalue weighted by atomic mass is 10.0. The summed E-state index contributed by atoms with van der Waals surface area (Å²) in [5, 5.41) is 87.1. The summed E-state index contributed by atoms with van der Waals surface area (Å²) in [6, 6.07) is 0. The molecule has 0 radical (unpaired) electrons. The number of benzene rings is 2. The Morgan fingerprint density at radius 2 is 0.951 bits per heavy atom. The number of halogens is 5. The van der Waals surface area contributed by atoms with E-state index >= 15 is 0 Å². The molecular formula is C35H43I5N6O15. The zero-order chi connectivity index (χ0) is 46.0. The molecule has 6 amide bonds. The van der Waals surface area contributed by atoms with E-state index in [0.29, 0.717) is 0 Å². The maximum atomic E-state index is 13.9. The highest BCUT2D eigenvalue weighted by Gasteiger charge is 2.40. The van der Waals surface area contributed by atoms with E-state index in [0.717, 1.165) is 0 Å². The zero-order valence-electron chi connectivity index (χ0n) is 32.2. The van der Waals surface area contributed by atoms with Gasteiger partial charge in [0.1, 0.15) is 11.8 Å². The van der Waals surface area contributed by atoms with Crippen molar-refractivity contribution in [3.05, 3.63) is 40.1 Å². The van der Waals surface area contributed by atoms with Crippen LogP contribution in [0.15, 0.2) is 0 Å². The predicted octanol–water partition coefficient (Wildman–Crippen LogP) is -1.79. The third kappa shape index (κ3) is 13.2. The third-order valence-electron chi connectivity index (χ3n) is 8.70. The molecule has 0 aromatic heterocycles. The van der Waals surface area contributed by atoms with Gasteiger partial charge in [-0.05, 0) is 113 Å². The molecule has 2 aromatic rings. The van der Waals surface area contributed by atoms with Crippen LogP contribution in [0.3, 0.4) is 0 Å². The van der Waals surface area contributed by atoms with Gasteiger partial charge in [-0.1, -0.05) is 0 Å².